The van der Waals surface area contributed by atoms with Crippen molar-refractivity contribution < 1.29 is 0 Å². The van der Waals surface area contributed by atoms with E-state index in [1.807, 2.05) is 12.1 Å². The molecule has 1 aromatic heterocycles. The van der Waals surface area contributed by atoms with E-state index in [-0.39, 0.29) is 5.82 Å². The lowest BCUT2D eigenvalue weighted by Gasteiger charge is -2.15. The summed E-state index contributed by atoms with van der Waals surface area (Å²) in [5.41, 5.74) is 0.771. The molecule has 26 heavy (non-hydrogen) atoms. The molecule has 9 heteroatoms. The Morgan fingerprint density at radius 2 is 1.69 bits per heavy atom. The van der Waals surface area contributed by atoms with Crippen LogP contribution in [0.1, 0.15) is 25.1 Å². The molecule has 1 aliphatic rings. The summed E-state index contributed by atoms with van der Waals surface area (Å²) in [6.07, 6.45) is 3.57. The Morgan fingerprint density at radius 3 is 2.35 bits per heavy atom. The van der Waals surface area contributed by atoms with Crippen LogP contribution in [0.5, 0.6) is 0 Å². The molecule has 0 unspecified atom stereocenters. The summed E-state index contributed by atoms with van der Waals surface area (Å²) in [4.78, 5) is 15.4. The molecule has 0 amide bonds. The van der Waals surface area contributed by atoms with Gasteiger partial charge in [-0.05, 0) is 63.2 Å². The van der Waals surface area contributed by atoms with Gasteiger partial charge in [0.05, 0.1) is 0 Å². The smallest absolute Gasteiger partial charge is 0.250 e. The summed E-state index contributed by atoms with van der Waals surface area (Å²) in [6, 6.07) is 7.16. The maximum Gasteiger partial charge on any atom is 0.250 e. The monoisotopic (exact) mass is 433 g/mol. The summed E-state index contributed by atoms with van der Waals surface area (Å²) in [5.74, 6) is 0.914. The minimum atomic E-state index is -1.73. The number of likely N-dealkylation sites (tertiary alicyclic amines) is 1. The van der Waals surface area contributed by atoms with E-state index < -0.39 is 3.79 Å². The van der Waals surface area contributed by atoms with Crippen molar-refractivity contribution in [2.24, 2.45) is 0 Å². The molecule has 0 atom stereocenters. The first-order valence-electron chi connectivity index (χ1n) is 8.47. The molecule has 0 saturated carbocycles. The fraction of sp³-hybridized carbons (Fsp3) is 0.471. The lowest BCUT2D eigenvalue weighted by atomic mass is 10.2. The quantitative estimate of drug-likeness (QED) is 0.516. The number of nitrogens with zero attached hydrogens (tertiary/aromatic N) is 4. The van der Waals surface area contributed by atoms with Gasteiger partial charge in [0.1, 0.15) is 0 Å². The van der Waals surface area contributed by atoms with Gasteiger partial charge in [-0.1, -0.05) is 46.4 Å². The highest BCUT2D eigenvalue weighted by molar-refractivity contribution is 6.66. The molecular weight excluding hydrogens is 416 g/mol. The van der Waals surface area contributed by atoms with Gasteiger partial charge in [-0.3, -0.25) is 0 Å². The lowest BCUT2D eigenvalue weighted by Crippen LogP contribution is -2.23. The molecule has 0 aliphatic carbocycles. The first-order valence-corrected chi connectivity index (χ1v) is 9.98. The number of alkyl halides is 3. The number of aromatic nitrogens is 3. The largest absolute Gasteiger partial charge is 0.354 e. The number of nitrogens with one attached hydrogen (secondary N) is 1. The minimum Gasteiger partial charge on any atom is -0.354 e. The second-order valence-electron chi connectivity index (χ2n) is 6.14. The molecule has 1 fully saturated rings. The number of anilines is 1. The highest BCUT2D eigenvalue weighted by atomic mass is 35.6. The van der Waals surface area contributed by atoms with Crippen molar-refractivity contribution in [1.82, 2.24) is 19.9 Å². The summed E-state index contributed by atoms with van der Waals surface area (Å²) >= 11 is 23.9. The fourth-order valence-electron chi connectivity index (χ4n) is 2.82. The molecule has 0 bridgehead atoms. The Hall–Kier alpha value is -0.850. The van der Waals surface area contributed by atoms with Crippen LogP contribution in [0.25, 0.3) is 11.4 Å². The van der Waals surface area contributed by atoms with Crippen LogP contribution < -0.4 is 5.32 Å². The average Bonchev–Trinajstić information content (AvgIpc) is 3.12. The molecule has 2 heterocycles. The van der Waals surface area contributed by atoms with E-state index in [0.29, 0.717) is 16.8 Å². The topological polar surface area (TPSA) is 53.9 Å². The van der Waals surface area contributed by atoms with Gasteiger partial charge in [0.15, 0.2) is 11.6 Å². The van der Waals surface area contributed by atoms with Crippen LogP contribution in [0.2, 0.25) is 5.02 Å². The van der Waals surface area contributed by atoms with E-state index >= 15 is 0 Å². The number of benzene rings is 1. The van der Waals surface area contributed by atoms with Gasteiger partial charge in [0.25, 0.3) is 0 Å². The van der Waals surface area contributed by atoms with Crippen LogP contribution in [-0.4, -0.2) is 46.0 Å². The maximum absolute atomic E-state index is 5.99. The van der Waals surface area contributed by atoms with Crippen LogP contribution in [0.15, 0.2) is 24.3 Å². The van der Waals surface area contributed by atoms with Crippen LogP contribution in [-0.2, 0) is 3.79 Å². The molecule has 1 aliphatic heterocycles. The third-order valence-electron chi connectivity index (χ3n) is 4.12. The van der Waals surface area contributed by atoms with E-state index in [4.69, 9.17) is 46.4 Å². The Labute approximate surface area is 173 Å². The van der Waals surface area contributed by atoms with Gasteiger partial charge in [0.2, 0.25) is 9.74 Å². The van der Waals surface area contributed by atoms with Gasteiger partial charge < -0.3 is 10.2 Å². The lowest BCUT2D eigenvalue weighted by molar-refractivity contribution is 0.337. The molecular formula is C17H19Cl4N5. The molecule has 1 saturated heterocycles. The van der Waals surface area contributed by atoms with E-state index in [0.717, 1.165) is 25.1 Å². The Kier molecular flexibility index (Phi) is 6.81. The van der Waals surface area contributed by atoms with E-state index in [1.165, 1.54) is 25.9 Å². The maximum atomic E-state index is 5.99. The van der Waals surface area contributed by atoms with E-state index in [2.05, 4.69) is 25.2 Å². The van der Waals surface area contributed by atoms with Crippen molar-refractivity contribution in [3.63, 3.8) is 0 Å². The Balaban J connectivity index is 1.73. The molecule has 140 valence electrons. The van der Waals surface area contributed by atoms with Crippen LogP contribution in [0.4, 0.5) is 5.95 Å². The predicted molar refractivity (Wildman–Crippen MR) is 108 cm³/mol. The second kappa shape index (κ2) is 8.89. The summed E-state index contributed by atoms with van der Waals surface area (Å²) in [6.45, 7) is 4.16. The van der Waals surface area contributed by atoms with Crippen molar-refractivity contribution >= 4 is 52.4 Å². The average molecular weight is 435 g/mol. The van der Waals surface area contributed by atoms with Crippen molar-refractivity contribution in [3.8, 4) is 11.4 Å². The van der Waals surface area contributed by atoms with Crippen LogP contribution in [0, 0.1) is 0 Å². The normalized spacial score (nSPS) is 15.4. The molecule has 0 spiro atoms. The highest BCUT2D eigenvalue weighted by Crippen LogP contribution is 2.36. The van der Waals surface area contributed by atoms with Crippen molar-refractivity contribution in [1.29, 1.82) is 0 Å². The zero-order valence-electron chi connectivity index (χ0n) is 14.1. The Bertz CT molecular complexity index is 727. The fourth-order valence-corrected chi connectivity index (χ4v) is 3.20. The first-order chi connectivity index (χ1) is 12.4. The summed E-state index contributed by atoms with van der Waals surface area (Å²) < 4.78 is -1.73. The van der Waals surface area contributed by atoms with Gasteiger partial charge in [0, 0.05) is 17.1 Å². The molecule has 3 rings (SSSR count). The molecule has 2 aromatic rings. The molecule has 0 radical (unpaired) electrons. The van der Waals surface area contributed by atoms with Gasteiger partial charge in [-0.15, -0.1) is 0 Å². The predicted octanol–water partition coefficient (Wildman–Crippen LogP) is 4.92. The number of halogens is 4. The molecule has 5 nitrogen and oxygen atoms in total. The third kappa shape index (κ3) is 5.57. The zero-order chi connectivity index (χ0) is 18.6. The standard InChI is InChI=1S/C17H19Cl4N5/c18-13-6-4-12(5-7-13)14-23-15(17(19,20)21)25-16(24-14)22-8-3-11-26-9-1-2-10-26/h4-7H,1-3,8-11H2,(H,22,23,24,25). The second-order valence-corrected chi connectivity index (χ2v) is 8.86. The SMILES string of the molecule is Clc1ccc(-c2nc(NCCCN3CCCC3)nc(C(Cl)(Cl)Cl)n2)cc1. The van der Waals surface area contributed by atoms with Crippen molar-refractivity contribution in [2.45, 2.75) is 23.1 Å². The zero-order valence-corrected chi connectivity index (χ0v) is 17.1. The highest BCUT2D eigenvalue weighted by Gasteiger charge is 2.28. The number of hydrogen-bond donors (Lipinski definition) is 1. The minimum absolute atomic E-state index is 0.0875. The van der Waals surface area contributed by atoms with E-state index in [1.54, 1.807) is 12.1 Å². The van der Waals surface area contributed by atoms with Gasteiger partial charge in [-0.2, -0.15) is 9.97 Å². The van der Waals surface area contributed by atoms with E-state index in [9.17, 15) is 0 Å². The van der Waals surface area contributed by atoms with Crippen molar-refractivity contribution in [3.05, 3.63) is 35.1 Å². The molecule has 1 N–H and O–H groups in total. The number of hydrogen-bond acceptors (Lipinski definition) is 5. The Morgan fingerprint density at radius 1 is 1.00 bits per heavy atom. The van der Waals surface area contributed by atoms with Gasteiger partial charge >= 0.3 is 0 Å². The van der Waals surface area contributed by atoms with Crippen LogP contribution in [0.3, 0.4) is 0 Å². The van der Waals surface area contributed by atoms with Crippen molar-refractivity contribution in [2.75, 3.05) is 31.5 Å². The number of rotatable bonds is 6. The molecule has 1 aromatic carbocycles. The van der Waals surface area contributed by atoms with Crippen LogP contribution >= 0.6 is 46.4 Å². The van der Waals surface area contributed by atoms with Gasteiger partial charge in [-0.25, -0.2) is 4.98 Å². The first kappa shape index (κ1) is 19.9. The summed E-state index contributed by atoms with van der Waals surface area (Å²) in [5, 5.41) is 3.84. The summed E-state index contributed by atoms with van der Waals surface area (Å²) in [7, 11) is 0. The third-order valence-corrected chi connectivity index (χ3v) is 4.88.